The van der Waals surface area contributed by atoms with Crippen LogP contribution in [-0.4, -0.2) is 41.5 Å². The molecule has 1 aliphatic rings. The summed E-state index contributed by atoms with van der Waals surface area (Å²) < 4.78 is 6.70. The van der Waals surface area contributed by atoms with Crippen molar-refractivity contribution in [1.82, 2.24) is 5.32 Å². The van der Waals surface area contributed by atoms with Crippen molar-refractivity contribution in [3.63, 3.8) is 0 Å². The van der Waals surface area contributed by atoms with E-state index in [9.17, 15) is 15.0 Å². The van der Waals surface area contributed by atoms with Gasteiger partial charge in [0.1, 0.15) is 5.75 Å². The van der Waals surface area contributed by atoms with Crippen molar-refractivity contribution in [3.05, 3.63) is 24.8 Å². The van der Waals surface area contributed by atoms with Crippen LogP contribution in [-0.2, 0) is 4.74 Å². The molecule has 1 saturated heterocycles. The highest BCUT2D eigenvalue weighted by Gasteiger charge is 2.30. The Kier molecular flexibility index (Phi) is 5.49. The van der Waals surface area contributed by atoms with Crippen molar-refractivity contribution < 1.29 is 19.7 Å². The lowest BCUT2D eigenvalue weighted by molar-refractivity contribution is -0.0605. The molecule has 7 heteroatoms. The number of carbonyl (C=O) groups is 1. The first-order chi connectivity index (χ1) is 9.41. The molecule has 110 valence electrons. The van der Waals surface area contributed by atoms with E-state index < -0.39 is 5.60 Å². The standard InChI is InChI=1S/C13H15I2NO4/c14-8-5-9(11(17)10(15)6-8)12(18)16-7-13(19)1-3-20-4-2-13/h5-6,17,19H,1-4,7H2,(H,16,18). The number of halogens is 2. The molecule has 1 amide bonds. The third kappa shape index (κ3) is 3.95. The lowest BCUT2D eigenvalue weighted by Crippen LogP contribution is -2.46. The molecule has 1 aromatic rings. The molecule has 20 heavy (non-hydrogen) atoms. The van der Waals surface area contributed by atoms with E-state index in [4.69, 9.17) is 4.74 Å². The van der Waals surface area contributed by atoms with Gasteiger partial charge in [-0.25, -0.2) is 0 Å². The number of carbonyl (C=O) groups excluding carboxylic acids is 1. The molecule has 0 aromatic heterocycles. The van der Waals surface area contributed by atoms with Crippen LogP contribution in [0.1, 0.15) is 23.2 Å². The molecule has 2 rings (SSSR count). The van der Waals surface area contributed by atoms with Crippen LogP contribution in [0.4, 0.5) is 0 Å². The number of aromatic hydroxyl groups is 1. The summed E-state index contributed by atoms with van der Waals surface area (Å²) >= 11 is 4.08. The number of benzene rings is 1. The molecule has 0 aliphatic carbocycles. The Morgan fingerprint density at radius 1 is 1.35 bits per heavy atom. The SMILES string of the molecule is O=C(NCC1(O)CCOCC1)c1cc(I)cc(I)c1O. The fraction of sp³-hybridized carbons (Fsp3) is 0.462. The Labute approximate surface area is 144 Å². The molecule has 5 nitrogen and oxygen atoms in total. The zero-order valence-electron chi connectivity index (χ0n) is 10.7. The Bertz CT molecular complexity index is 515. The van der Waals surface area contributed by atoms with Gasteiger partial charge in [-0.1, -0.05) is 0 Å². The van der Waals surface area contributed by atoms with Gasteiger partial charge in [0, 0.05) is 36.2 Å². The third-order valence-corrected chi connectivity index (χ3v) is 4.72. The number of hydrogen-bond acceptors (Lipinski definition) is 4. The monoisotopic (exact) mass is 503 g/mol. The summed E-state index contributed by atoms with van der Waals surface area (Å²) in [6, 6.07) is 3.42. The summed E-state index contributed by atoms with van der Waals surface area (Å²) in [5.74, 6) is -0.402. The van der Waals surface area contributed by atoms with Crippen LogP contribution in [0.3, 0.4) is 0 Å². The van der Waals surface area contributed by atoms with Crippen molar-refractivity contribution >= 4 is 51.1 Å². The number of phenols is 1. The van der Waals surface area contributed by atoms with Gasteiger partial charge in [-0.15, -0.1) is 0 Å². The molecule has 0 saturated carbocycles. The molecule has 0 spiro atoms. The zero-order chi connectivity index (χ0) is 14.8. The largest absolute Gasteiger partial charge is 0.506 e. The van der Waals surface area contributed by atoms with E-state index in [1.54, 1.807) is 12.1 Å². The first-order valence-electron chi connectivity index (χ1n) is 6.18. The predicted octanol–water partition coefficient (Wildman–Crippen LogP) is 1.87. The van der Waals surface area contributed by atoms with Crippen LogP contribution in [0.5, 0.6) is 5.75 Å². The van der Waals surface area contributed by atoms with E-state index in [1.165, 1.54) is 0 Å². The molecule has 0 atom stereocenters. The van der Waals surface area contributed by atoms with Crippen LogP contribution in [0.25, 0.3) is 0 Å². The predicted molar refractivity (Wildman–Crippen MR) is 90.9 cm³/mol. The van der Waals surface area contributed by atoms with Crippen molar-refractivity contribution in [2.75, 3.05) is 19.8 Å². The topological polar surface area (TPSA) is 78.8 Å². The van der Waals surface area contributed by atoms with Gasteiger partial charge in [-0.2, -0.15) is 0 Å². The number of ether oxygens (including phenoxy) is 1. The van der Waals surface area contributed by atoms with E-state index in [-0.39, 0.29) is 23.8 Å². The summed E-state index contributed by atoms with van der Waals surface area (Å²) in [4.78, 5) is 12.1. The molecule has 1 aliphatic heterocycles. The van der Waals surface area contributed by atoms with Crippen LogP contribution in [0, 0.1) is 7.14 Å². The number of amides is 1. The molecule has 0 radical (unpaired) electrons. The first kappa shape index (κ1) is 16.2. The highest BCUT2D eigenvalue weighted by Crippen LogP contribution is 2.27. The number of phenolic OH excluding ortho intramolecular Hbond substituents is 1. The first-order valence-corrected chi connectivity index (χ1v) is 8.33. The summed E-state index contributed by atoms with van der Waals surface area (Å²) in [6.07, 6.45) is 1.01. The lowest BCUT2D eigenvalue weighted by atomic mass is 9.94. The van der Waals surface area contributed by atoms with E-state index >= 15 is 0 Å². The Morgan fingerprint density at radius 2 is 2.00 bits per heavy atom. The smallest absolute Gasteiger partial charge is 0.255 e. The highest BCUT2D eigenvalue weighted by atomic mass is 127. The van der Waals surface area contributed by atoms with E-state index in [0.717, 1.165) is 3.57 Å². The van der Waals surface area contributed by atoms with Crippen molar-refractivity contribution in [2.24, 2.45) is 0 Å². The van der Waals surface area contributed by atoms with Gasteiger partial charge >= 0.3 is 0 Å². The molecule has 1 fully saturated rings. The minimum Gasteiger partial charge on any atom is -0.506 e. The molecule has 1 aromatic carbocycles. The normalized spacial score (nSPS) is 17.8. The fourth-order valence-electron chi connectivity index (χ4n) is 2.01. The second kappa shape index (κ2) is 6.75. The van der Waals surface area contributed by atoms with Crippen molar-refractivity contribution in [1.29, 1.82) is 0 Å². The average molecular weight is 503 g/mol. The third-order valence-electron chi connectivity index (χ3n) is 3.27. The summed E-state index contributed by atoms with van der Waals surface area (Å²) in [5.41, 5.74) is -0.685. The maximum atomic E-state index is 12.1. The van der Waals surface area contributed by atoms with Crippen LogP contribution in [0.15, 0.2) is 12.1 Å². The quantitative estimate of drug-likeness (QED) is 0.551. The number of hydrogen-bond donors (Lipinski definition) is 3. The van der Waals surface area contributed by atoms with Gasteiger partial charge < -0.3 is 20.3 Å². The second-order valence-electron chi connectivity index (χ2n) is 4.80. The zero-order valence-corrected chi connectivity index (χ0v) is 15.0. The maximum absolute atomic E-state index is 12.1. The maximum Gasteiger partial charge on any atom is 0.255 e. The summed E-state index contributed by atoms with van der Waals surface area (Å²) in [6.45, 7) is 1.16. The molecule has 1 heterocycles. The molecular formula is C13H15I2NO4. The van der Waals surface area contributed by atoms with E-state index in [1.807, 2.05) is 22.6 Å². The Hall–Kier alpha value is -0.130. The van der Waals surface area contributed by atoms with E-state index in [2.05, 4.69) is 27.9 Å². The van der Waals surface area contributed by atoms with Gasteiger partial charge in [0.25, 0.3) is 5.91 Å². The molecule has 3 N–H and O–H groups in total. The van der Waals surface area contributed by atoms with Crippen LogP contribution >= 0.6 is 45.2 Å². The van der Waals surface area contributed by atoms with Gasteiger partial charge in [0.05, 0.1) is 14.7 Å². The van der Waals surface area contributed by atoms with Crippen molar-refractivity contribution in [2.45, 2.75) is 18.4 Å². The molecule has 0 bridgehead atoms. The second-order valence-corrected chi connectivity index (χ2v) is 7.21. The molecular weight excluding hydrogens is 488 g/mol. The lowest BCUT2D eigenvalue weighted by Gasteiger charge is -2.32. The van der Waals surface area contributed by atoms with Gasteiger partial charge in [-0.05, 0) is 57.3 Å². The highest BCUT2D eigenvalue weighted by molar-refractivity contribution is 14.1. The number of rotatable bonds is 3. The van der Waals surface area contributed by atoms with E-state index in [0.29, 0.717) is 29.6 Å². The molecule has 0 unspecified atom stereocenters. The van der Waals surface area contributed by atoms with Gasteiger partial charge in [-0.3, -0.25) is 4.79 Å². The Balaban J connectivity index is 2.05. The minimum atomic E-state index is -0.918. The summed E-state index contributed by atoms with van der Waals surface area (Å²) in [7, 11) is 0. The van der Waals surface area contributed by atoms with Gasteiger partial charge in [0.15, 0.2) is 0 Å². The van der Waals surface area contributed by atoms with Crippen LogP contribution < -0.4 is 5.32 Å². The number of nitrogens with one attached hydrogen (secondary N) is 1. The Morgan fingerprint density at radius 3 is 2.65 bits per heavy atom. The van der Waals surface area contributed by atoms with Crippen LogP contribution in [0.2, 0.25) is 0 Å². The summed E-state index contributed by atoms with van der Waals surface area (Å²) in [5, 5.41) is 22.9. The van der Waals surface area contributed by atoms with Gasteiger partial charge in [0.2, 0.25) is 0 Å². The fourth-order valence-corrected chi connectivity index (χ4v) is 3.85. The minimum absolute atomic E-state index is 0.0255. The number of aliphatic hydroxyl groups is 1. The average Bonchev–Trinajstić information content (AvgIpc) is 2.41. The van der Waals surface area contributed by atoms with Crippen molar-refractivity contribution in [3.8, 4) is 5.75 Å².